The van der Waals surface area contributed by atoms with Gasteiger partial charge in [0.05, 0.1) is 0 Å². The predicted molar refractivity (Wildman–Crippen MR) is 95.3 cm³/mol. The van der Waals surface area contributed by atoms with Crippen LogP contribution < -0.4 is 0 Å². The van der Waals surface area contributed by atoms with Gasteiger partial charge in [-0.3, -0.25) is 0 Å². The zero-order valence-electron chi connectivity index (χ0n) is 12.7. The Kier molecular flexibility index (Phi) is 3.65. The fourth-order valence-electron chi connectivity index (χ4n) is 2.73. The van der Waals surface area contributed by atoms with Crippen LogP contribution in [-0.4, -0.2) is 18.0 Å². The van der Waals surface area contributed by atoms with Crippen molar-refractivity contribution in [1.29, 1.82) is 0 Å². The molecule has 1 aliphatic carbocycles. The smallest absolute Gasteiger partial charge is 0.217 e. The Bertz CT molecular complexity index is 797. The minimum Gasteiger partial charge on any atom is -0.467 e. The SMILES string of the molecule is C1=CC2N=C(c3ccc(/C=C/c4ccccc4)cc3)OC2C=C1. The highest BCUT2D eigenvalue weighted by Crippen LogP contribution is 2.23. The molecule has 0 saturated heterocycles. The van der Waals surface area contributed by atoms with Crippen molar-refractivity contribution in [3.8, 4) is 0 Å². The molecule has 0 N–H and O–H groups in total. The standard InChI is InChI=1S/C21H17NO/c1-2-6-16(7-3-1)10-11-17-12-14-18(15-13-17)21-22-19-8-4-5-9-20(19)23-21/h1-15,19-20H/b11-10+. The van der Waals surface area contributed by atoms with Crippen molar-refractivity contribution in [2.45, 2.75) is 12.1 Å². The van der Waals surface area contributed by atoms with Crippen molar-refractivity contribution in [3.63, 3.8) is 0 Å². The molecule has 0 radical (unpaired) electrons. The van der Waals surface area contributed by atoms with Crippen molar-refractivity contribution in [3.05, 3.63) is 95.6 Å². The minimum absolute atomic E-state index is 0.0488. The van der Waals surface area contributed by atoms with Gasteiger partial charge in [0.2, 0.25) is 5.90 Å². The van der Waals surface area contributed by atoms with E-state index >= 15 is 0 Å². The number of allylic oxidation sites excluding steroid dienone is 2. The van der Waals surface area contributed by atoms with Gasteiger partial charge in [-0.1, -0.05) is 72.8 Å². The molecule has 2 unspecified atom stereocenters. The maximum Gasteiger partial charge on any atom is 0.217 e. The number of fused-ring (bicyclic) bond motifs is 1. The van der Waals surface area contributed by atoms with E-state index in [9.17, 15) is 0 Å². The monoisotopic (exact) mass is 299 g/mol. The molecule has 2 nitrogen and oxygen atoms in total. The molecule has 0 aromatic heterocycles. The molecule has 112 valence electrons. The van der Waals surface area contributed by atoms with Gasteiger partial charge in [-0.05, 0) is 29.3 Å². The highest BCUT2D eigenvalue weighted by Gasteiger charge is 2.28. The van der Waals surface area contributed by atoms with Crippen LogP contribution in [0.4, 0.5) is 0 Å². The summed E-state index contributed by atoms with van der Waals surface area (Å²) in [4.78, 5) is 4.64. The third-order valence-electron chi connectivity index (χ3n) is 4.00. The fraction of sp³-hybridized carbons (Fsp3) is 0.0952. The number of hydrogen-bond donors (Lipinski definition) is 0. The lowest BCUT2D eigenvalue weighted by atomic mass is 10.1. The van der Waals surface area contributed by atoms with Gasteiger partial charge in [0.25, 0.3) is 0 Å². The first kappa shape index (κ1) is 13.8. The lowest BCUT2D eigenvalue weighted by Gasteiger charge is -2.12. The van der Waals surface area contributed by atoms with Crippen LogP contribution in [-0.2, 0) is 4.74 Å². The van der Waals surface area contributed by atoms with Crippen LogP contribution >= 0.6 is 0 Å². The topological polar surface area (TPSA) is 21.6 Å². The highest BCUT2D eigenvalue weighted by atomic mass is 16.5. The molecular formula is C21H17NO. The number of benzene rings is 2. The van der Waals surface area contributed by atoms with Crippen LogP contribution in [0.1, 0.15) is 16.7 Å². The second-order valence-electron chi connectivity index (χ2n) is 5.64. The first-order valence-electron chi connectivity index (χ1n) is 7.81. The Balaban J connectivity index is 1.49. The van der Waals surface area contributed by atoms with Crippen LogP contribution in [0.25, 0.3) is 12.2 Å². The predicted octanol–water partition coefficient (Wildman–Crippen LogP) is 4.50. The van der Waals surface area contributed by atoms with Gasteiger partial charge >= 0.3 is 0 Å². The summed E-state index contributed by atoms with van der Waals surface area (Å²) in [5.74, 6) is 0.731. The lowest BCUT2D eigenvalue weighted by Crippen LogP contribution is -2.19. The molecule has 2 heteroatoms. The Morgan fingerprint density at radius 2 is 1.48 bits per heavy atom. The molecule has 1 heterocycles. The van der Waals surface area contributed by atoms with E-state index in [1.807, 2.05) is 30.4 Å². The van der Waals surface area contributed by atoms with E-state index in [0.717, 1.165) is 17.0 Å². The number of hydrogen-bond acceptors (Lipinski definition) is 2. The normalized spacial score (nSPS) is 22.0. The number of rotatable bonds is 3. The summed E-state index contributed by atoms with van der Waals surface area (Å²) in [6.45, 7) is 0. The van der Waals surface area contributed by atoms with Crippen molar-refractivity contribution < 1.29 is 4.74 Å². The Labute approximate surface area is 136 Å². The van der Waals surface area contributed by atoms with Crippen molar-refractivity contribution in [2.24, 2.45) is 4.99 Å². The number of nitrogens with zero attached hydrogens (tertiary/aromatic N) is 1. The molecule has 1 aliphatic heterocycles. The van der Waals surface area contributed by atoms with E-state index < -0.39 is 0 Å². The van der Waals surface area contributed by atoms with E-state index in [0.29, 0.717) is 0 Å². The molecule has 2 atom stereocenters. The summed E-state index contributed by atoms with van der Waals surface area (Å²) >= 11 is 0. The Morgan fingerprint density at radius 3 is 2.22 bits per heavy atom. The van der Waals surface area contributed by atoms with Crippen molar-refractivity contribution in [2.75, 3.05) is 0 Å². The molecule has 0 amide bonds. The van der Waals surface area contributed by atoms with Crippen LogP contribution in [0, 0.1) is 0 Å². The molecule has 0 saturated carbocycles. The maximum atomic E-state index is 5.91. The zero-order valence-corrected chi connectivity index (χ0v) is 12.7. The second kappa shape index (κ2) is 6.09. The highest BCUT2D eigenvalue weighted by molar-refractivity contribution is 5.96. The maximum absolute atomic E-state index is 5.91. The number of aliphatic imine (C=N–C) groups is 1. The summed E-state index contributed by atoms with van der Waals surface area (Å²) in [7, 11) is 0. The van der Waals surface area contributed by atoms with E-state index in [-0.39, 0.29) is 12.1 Å². The first-order chi connectivity index (χ1) is 11.4. The molecule has 2 aromatic carbocycles. The molecule has 0 fully saturated rings. The summed E-state index contributed by atoms with van der Waals surface area (Å²) in [6, 6.07) is 18.7. The molecular weight excluding hydrogens is 282 g/mol. The quantitative estimate of drug-likeness (QED) is 0.765. The van der Waals surface area contributed by atoms with Gasteiger partial charge in [-0.25, -0.2) is 4.99 Å². The van der Waals surface area contributed by atoms with Gasteiger partial charge in [0, 0.05) is 5.56 Å². The average molecular weight is 299 g/mol. The summed E-state index contributed by atoms with van der Waals surface area (Å²) in [6.07, 6.45) is 12.4. The zero-order chi connectivity index (χ0) is 15.5. The summed E-state index contributed by atoms with van der Waals surface area (Å²) < 4.78 is 5.91. The minimum atomic E-state index is 0.0488. The molecule has 2 aromatic rings. The molecule has 4 rings (SSSR count). The second-order valence-corrected chi connectivity index (χ2v) is 5.64. The van der Waals surface area contributed by atoms with E-state index in [4.69, 9.17) is 4.74 Å². The van der Waals surface area contributed by atoms with Gasteiger partial charge in [-0.2, -0.15) is 0 Å². The largest absolute Gasteiger partial charge is 0.467 e. The summed E-state index contributed by atoms with van der Waals surface area (Å²) in [5.41, 5.74) is 3.38. The number of ether oxygens (including phenoxy) is 1. The first-order valence-corrected chi connectivity index (χ1v) is 7.81. The average Bonchev–Trinajstić information content (AvgIpc) is 3.05. The van der Waals surface area contributed by atoms with Gasteiger partial charge < -0.3 is 4.74 Å². The lowest BCUT2D eigenvalue weighted by molar-refractivity contribution is 0.255. The molecule has 23 heavy (non-hydrogen) atoms. The van der Waals surface area contributed by atoms with Crippen LogP contribution in [0.15, 0.2) is 83.9 Å². The van der Waals surface area contributed by atoms with E-state index in [2.05, 4.69) is 65.7 Å². The van der Waals surface area contributed by atoms with E-state index in [1.165, 1.54) is 5.56 Å². The molecule has 0 bridgehead atoms. The Hall–Kier alpha value is -2.87. The Morgan fingerprint density at radius 1 is 0.783 bits per heavy atom. The van der Waals surface area contributed by atoms with Crippen molar-refractivity contribution >= 4 is 18.0 Å². The van der Waals surface area contributed by atoms with Crippen molar-refractivity contribution in [1.82, 2.24) is 0 Å². The van der Waals surface area contributed by atoms with E-state index in [1.54, 1.807) is 0 Å². The molecule has 0 spiro atoms. The van der Waals surface area contributed by atoms with Gasteiger partial charge in [0.1, 0.15) is 12.1 Å². The summed E-state index contributed by atoms with van der Waals surface area (Å²) in [5, 5.41) is 0. The third-order valence-corrected chi connectivity index (χ3v) is 4.00. The van der Waals surface area contributed by atoms with Crippen LogP contribution in [0.3, 0.4) is 0 Å². The van der Waals surface area contributed by atoms with Gasteiger partial charge in [0.15, 0.2) is 0 Å². The van der Waals surface area contributed by atoms with Crippen LogP contribution in [0.5, 0.6) is 0 Å². The molecule has 2 aliphatic rings. The van der Waals surface area contributed by atoms with Crippen LogP contribution in [0.2, 0.25) is 0 Å². The fourth-order valence-corrected chi connectivity index (χ4v) is 2.73. The van der Waals surface area contributed by atoms with Gasteiger partial charge in [-0.15, -0.1) is 0 Å². The third kappa shape index (κ3) is 3.02.